The summed E-state index contributed by atoms with van der Waals surface area (Å²) in [7, 11) is 0. The lowest BCUT2D eigenvalue weighted by molar-refractivity contribution is 1.17. The Kier molecular flexibility index (Phi) is 8.11. The molecule has 0 bridgehead atoms. The summed E-state index contributed by atoms with van der Waals surface area (Å²) in [6, 6.07) is 82.7. The molecule has 0 unspecified atom stereocenters. The number of anilines is 6. The van der Waals surface area contributed by atoms with E-state index >= 15 is 0 Å². The third kappa shape index (κ3) is 5.54. The van der Waals surface area contributed by atoms with Gasteiger partial charge in [-0.15, -0.1) is 0 Å². The minimum Gasteiger partial charge on any atom is -0.311 e. The van der Waals surface area contributed by atoms with Crippen LogP contribution in [-0.4, -0.2) is 9.13 Å². The van der Waals surface area contributed by atoms with Gasteiger partial charge in [-0.25, -0.2) is 0 Å². The van der Waals surface area contributed by atoms with Crippen molar-refractivity contribution in [3.63, 3.8) is 0 Å². The lowest BCUT2D eigenvalue weighted by Crippen LogP contribution is -2.10. The highest BCUT2D eigenvalue weighted by molar-refractivity contribution is 6.26. The summed E-state index contributed by atoms with van der Waals surface area (Å²) in [4.78, 5) is 4.66. The van der Waals surface area contributed by atoms with Gasteiger partial charge in [-0.2, -0.15) is 0 Å². The molecule has 58 heavy (non-hydrogen) atoms. The van der Waals surface area contributed by atoms with Crippen molar-refractivity contribution in [2.75, 3.05) is 9.80 Å². The Hall–Kier alpha value is -7.82. The molecule has 4 nitrogen and oxygen atoms in total. The van der Waals surface area contributed by atoms with Crippen molar-refractivity contribution in [1.82, 2.24) is 9.13 Å². The van der Waals surface area contributed by atoms with Crippen LogP contribution >= 0.6 is 0 Å². The molecule has 0 fully saturated rings. The maximum Gasteiger partial charge on any atom is 0.0641 e. The van der Waals surface area contributed by atoms with E-state index in [0.29, 0.717) is 0 Å². The van der Waals surface area contributed by atoms with Crippen molar-refractivity contribution in [1.29, 1.82) is 0 Å². The summed E-state index contributed by atoms with van der Waals surface area (Å²) in [5, 5.41) is 4.88. The summed E-state index contributed by atoms with van der Waals surface area (Å²) < 4.78 is 4.89. The molecule has 11 rings (SSSR count). The van der Waals surface area contributed by atoms with E-state index in [1.807, 2.05) is 0 Å². The highest BCUT2D eigenvalue weighted by Gasteiger charge is 2.23. The van der Waals surface area contributed by atoms with Crippen molar-refractivity contribution in [2.45, 2.75) is 0 Å². The van der Waals surface area contributed by atoms with Crippen LogP contribution in [0.4, 0.5) is 34.1 Å². The molecule has 0 aliphatic heterocycles. The molecule has 0 aliphatic carbocycles. The van der Waals surface area contributed by atoms with E-state index in [1.165, 1.54) is 32.6 Å². The number of benzene rings is 9. The third-order valence-electron chi connectivity index (χ3n) is 11.2. The van der Waals surface area contributed by atoms with Crippen LogP contribution in [0.1, 0.15) is 0 Å². The van der Waals surface area contributed by atoms with Gasteiger partial charge in [0.15, 0.2) is 0 Å². The standard InChI is InChI=1S/C54H38N4/c1-6-18-39(19-7-1)55(40-20-8-2-9-21-40)44-30-32-45(33-31-44)57-51-36-34-46(56(41-22-10-3-11-23-41)42-24-12-4-13-25-42)38-49(51)53-52(57)37-35-48-47-28-16-17-29-50(47)58(54(48)53)43-26-14-5-15-27-43/h1-38H. The quantitative estimate of drug-likeness (QED) is 0.154. The summed E-state index contributed by atoms with van der Waals surface area (Å²) in [6.07, 6.45) is 0. The zero-order chi connectivity index (χ0) is 38.4. The Balaban J connectivity index is 1.20. The summed E-state index contributed by atoms with van der Waals surface area (Å²) >= 11 is 0. The molecular weight excluding hydrogens is 705 g/mol. The highest BCUT2D eigenvalue weighted by Crippen LogP contribution is 2.45. The molecule has 4 heteroatoms. The first-order valence-electron chi connectivity index (χ1n) is 19.8. The number of nitrogens with zero attached hydrogens (tertiary/aromatic N) is 4. The van der Waals surface area contributed by atoms with Crippen LogP contribution in [0.2, 0.25) is 0 Å². The largest absolute Gasteiger partial charge is 0.311 e. The first-order chi connectivity index (χ1) is 28.8. The van der Waals surface area contributed by atoms with Gasteiger partial charge in [0.05, 0.1) is 22.1 Å². The van der Waals surface area contributed by atoms with Crippen LogP contribution in [0.25, 0.3) is 55.0 Å². The fourth-order valence-electron chi connectivity index (χ4n) is 8.76. The molecule has 9 aromatic carbocycles. The van der Waals surface area contributed by atoms with Gasteiger partial charge in [0, 0.05) is 67.0 Å². The van der Waals surface area contributed by atoms with E-state index in [4.69, 9.17) is 0 Å². The number of aromatic nitrogens is 2. The Morgan fingerprint density at radius 2 is 0.672 bits per heavy atom. The monoisotopic (exact) mass is 742 g/mol. The zero-order valence-corrected chi connectivity index (χ0v) is 31.7. The van der Waals surface area contributed by atoms with Gasteiger partial charge in [0.2, 0.25) is 0 Å². The zero-order valence-electron chi connectivity index (χ0n) is 31.7. The SMILES string of the molecule is c1ccc(N(c2ccccc2)c2ccc(-n3c4ccc(N(c5ccccc5)c5ccccc5)cc4c4c3ccc3c5ccccc5n(-c5ccccc5)c34)cc2)cc1. The molecule has 0 atom stereocenters. The summed E-state index contributed by atoms with van der Waals surface area (Å²) in [5.41, 5.74) is 13.6. The first-order valence-corrected chi connectivity index (χ1v) is 19.8. The second-order valence-electron chi connectivity index (χ2n) is 14.6. The maximum absolute atomic E-state index is 2.45. The molecule has 274 valence electrons. The Morgan fingerprint density at radius 1 is 0.259 bits per heavy atom. The Morgan fingerprint density at radius 3 is 1.24 bits per heavy atom. The van der Waals surface area contributed by atoms with Crippen LogP contribution in [0, 0.1) is 0 Å². The van der Waals surface area contributed by atoms with Gasteiger partial charge in [-0.05, 0) is 115 Å². The second-order valence-corrected chi connectivity index (χ2v) is 14.6. The minimum atomic E-state index is 1.09. The molecule has 11 aromatic rings. The number of hydrogen-bond acceptors (Lipinski definition) is 2. The van der Waals surface area contributed by atoms with Crippen molar-refractivity contribution in [2.24, 2.45) is 0 Å². The minimum absolute atomic E-state index is 1.09. The van der Waals surface area contributed by atoms with E-state index in [0.717, 1.165) is 56.5 Å². The normalized spacial score (nSPS) is 11.4. The molecular formula is C54H38N4. The number of rotatable bonds is 8. The molecule has 2 heterocycles. The van der Waals surface area contributed by atoms with Crippen LogP contribution in [-0.2, 0) is 0 Å². The first kappa shape index (κ1) is 33.5. The van der Waals surface area contributed by atoms with Crippen LogP contribution in [0.15, 0.2) is 231 Å². The molecule has 0 aliphatic rings. The molecule has 0 N–H and O–H groups in total. The van der Waals surface area contributed by atoms with E-state index in [9.17, 15) is 0 Å². The molecule has 2 aromatic heterocycles. The Bertz CT molecular complexity index is 3110. The topological polar surface area (TPSA) is 16.3 Å². The molecule has 0 saturated carbocycles. The number of fused-ring (bicyclic) bond motifs is 7. The molecule has 0 radical (unpaired) electrons. The number of para-hydroxylation sites is 6. The summed E-state index contributed by atoms with van der Waals surface area (Å²) in [6.45, 7) is 0. The van der Waals surface area contributed by atoms with Gasteiger partial charge < -0.3 is 18.9 Å². The average Bonchev–Trinajstić information content (AvgIpc) is 3.81. The van der Waals surface area contributed by atoms with E-state index in [2.05, 4.69) is 249 Å². The van der Waals surface area contributed by atoms with Crippen LogP contribution in [0.3, 0.4) is 0 Å². The van der Waals surface area contributed by atoms with Gasteiger partial charge in [0.1, 0.15) is 0 Å². The van der Waals surface area contributed by atoms with Gasteiger partial charge in [0.25, 0.3) is 0 Å². The van der Waals surface area contributed by atoms with Crippen LogP contribution in [0.5, 0.6) is 0 Å². The molecule has 0 amide bonds. The van der Waals surface area contributed by atoms with Crippen molar-refractivity contribution >= 4 is 77.7 Å². The average molecular weight is 743 g/mol. The van der Waals surface area contributed by atoms with E-state index in [1.54, 1.807) is 0 Å². The lowest BCUT2D eigenvalue weighted by atomic mass is 10.1. The fraction of sp³-hybridized carbons (Fsp3) is 0. The van der Waals surface area contributed by atoms with E-state index in [-0.39, 0.29) is 0 Å². The molecule has 0 saturated heterocycles. The third-order valence-corrected chi connectivity index (χ3v) is 11.2. The van der Waals surface area contributed by atoms with E-state index < -0.39 is 0 Å². The summed E-state index contributed by atoms with van der Waals surface area (Å²) in [5.74, 6) is 0. The predicted octanol–water partition coefficient (Wildman–Crippen LogP) is 14.8. The Labute approximate surface area is 337 Å². The second kappa shape index (κ2) is 14.0. The van der Waals surface area contributed by atoms with Crippen LogP contribution < -0.4 is 9.80 Å². The van der Waals surface area contributed by atoms with Gasteiger partial charge in [-0.3, -0.25) is 0 Å². The number of hydrogen-bond donors (Lipinski definition) is 0. The van der Waals surface area contributed by atoms with Crippen molar-refractivity contribution in [3.8, 4) is 11.4 Å². The van der Waals surface area contributed by atoms with Gasteiger partial charge in [-0.1, -0.05) is 115 Å². The van der Waals surface area contributed by atoms with Crippen molar-refractivity contribution in [3.05, 3.63) is 231 Å². The maximum atomic E-state index is 2.45. The van der Waals surface area contributed by atoms with Gasteiger partial charge >= 0.3 is 0 Å². The predicted molar refractivity (Wildman–Crippen MR) is 244 cm³/mol. The molecule has 0 spiro atoms. The fourth-order valence-corrected chi connectivity index (χ4v) is 8.76. The highest BCUT2D eigenvalue weighted by atomic mass is 15.1. The lowest BCUT2D eigenvalue weighted by Gasteiger charge is -2.26. The van der Waals surface area contributed by atoms with Crippen molar-refractivity contribution < 1.29 is 0 Å². The smallest absolute Gasteiger partial charge is 0.0641 e.